The molecule has 0 aliphatic rings. The van der Waals surface area contributed by atoms with Crippen LogP contribution in [0.25, 0.3) is 5.65 Å². The average molecular weight is 351 g/mol. The highest BCUT2D eigenvalue weighted by atomic mass is 35.5. The first-order chi connectivity index (χ1) is 11.0. The van der Waals surface area contributed by atoms with Crippen molar-refractivity contribution in [2.24, 2.45) is 0 Å². The number of pyridine rings is 1. The summed E-state index contributed by atoms with van der Waals surface area (Å²) in [6.07, 6.45) is 3.31. The summed E-state index contributed by atoms with van der Waals surface area (Å²) in [5.41, 5.74) is 0.755. The van der Waals surface area contributed by atoms with Gasteiger partial charge in [-0.05, 0) is 19.9 Å². The number of halogens is 1. The van der Waals surface area contributed by atoms with Crippen molar-refractivity contribution < 1.29 is 14.3 Å². The summed E-state index contributed by atoms with van der Waals surface area (Å²) in [7, 11) is 0. The number of thiazole rings is 1. The third kappa shape index (κ3) is 3.02. The van der Waals surface area contributed by atoms with Gasteiger partial charge < -0.3 is 10.4 Å². The second kappa shape index (κ2) is 6.17. The molecule has 3 rings (SSSR count). The molecular formula is C15H15ClN4O2S. The zero-order chi connectivity index (χ0) is 16.6. The first-order valence-corrected chi connectivity index (χ1v) is 8.27. The Hall–Kier alpha value is -2.12. The van der Waals surface area contributed by atoms with Gasteiger partial charge in [-0.1, -0.05) is 17.7 Å². The Morgan fingerprint density at radius 1 is 1.52 bits per heavy atom. The van der Waals surface area contributed by atoms with Crippen LogP contribution in [0.15, 0.2) is 30.6 Å². The van der Waals surface area contributed by atoms with Crippen molar-refractivity contribution in [3.8, 4) is 5.88 Å². The monoisotopic (exact) mass is 350 g/mol. The molecule has 0 saturated heterocycles. The average Bonchev–Trinajstić information content (AvgIpc) is 3.02. The van der Waals surface area contributed by atoms with Crippen LogP contribution in [0, 0.1) is 0 Å². The fraction of sp³-hybridized carbons (Fsp3) is 0.267. The van der Waals surface area contributed by atoms with E-state index in [9.17, 15) is 9.90 Å². The van der Waals surface area contributed by atoms with Gasteiger partial charge in [0.1, 0.15) is 12.4 Å². The predicted molar refractivity (Wildman–Crippen MR) is 85.9 cm³/mol. The van der Waals surface area contributed by atoms with E-state index in [1.54, 1.807) is 29.1 Å². The summed E-state index contributed by atoms with van der Waals surface area (Å²) < 4.78 is 3.60. The number of aromatic nitrogens is 3. The fourth-order valence-corrected chi connectivity index (χ4v) is 3.36. The number of hydrogen-bond donors (Lipinski definition) is 1. The predicted octanol–water partition coefficient (Wildman–Crippen LogP) is 1.60. The van der Waals surface area contributed by atoms with Gasteiger partial charge in [0.2, 0.25) is 5.69 Å². The van der Waals surface area contributed by atoms with E-state index in [4.69, 9.17) is 11.6 Å². The Labute approximate surface area is 142 Å². The van der Waals surface area contributed by atoms with Gasteiger partial charge in [0, 0.05) is 18.3 Å². The van der Waals surface area contributed by atoms with Crippen molar-refractivity contribution in [2.75, 3.05) is 0 Å². The maximum Gasteiger partial charge on any atom is 0.294 e. The summed E-state index contributed by atoms with van der Waals surface area (Å²) in [5.74, 6) is -0.723. The smallest absolute Gasteiger partial charge is 0.294 e. The lowest BCUT2D eigenvalue weighted by molar-refractivity contribution is -0.582. The number of rotatable bonds is 4. The van der Waals surface area contributed by atoms with E-state index in [1.165, 1.54) is 15.7 Å². The van der Waals surface area contributed by atoms with Gasteiger partial charge in [0.15, 0.2) is 4.47 Å². The molecule has 3 aromatic heterocycles. The summed E-state index contributed by atoms with van der Waals surface area (Å²) in [6.45, 7) is 4.07. The maximum atomic E-state index is 12.6. The lowest BCUT2D eigenvalue weighted by atomic mass is 10.3. The minimum absolute atomic E-state index is 0.0591. The van der Waals surface area contributed by atoms with Crippen molar-refractivity contribution >= 4 is 34.5 Å². The Kier molecular flexibility index (Phi) is 4.23. The van der Waals surface area contributed by atoms with E-state index >= 15 is 0 Å². The number of nitrogens with zero attached hydrogens (tertiary/aromatic N) is 3. The molecule has 8 heteroatoms. The van der Waals surface area contributed by atoms with Gasteiger partial charge in [0.25, 0.3) is 11.6 Å². The van der Waals surface area contributed by atoms with Crippen LogP contribution in [-0.2, 0) is 6.54 Å². The summed E-state index contributed by atoms with van der Waals surface area (Å²) in [6, 6.07) is 5.33. The zero-order valence-electron chi connectivity index (χ0n) is 12.6. The first kappa shape index (κ1) is 15.8. The SMILES string of the molecule is CC(C)NC(=O)c1c([O-])[n+]2ccccc2n1Cc1cnc(Cl)s1. The number of nitrogens with one attached hydrogen (secondary N) is 1. The minimum Gasteiger partial charge on any atom is -0.839 e. The largest absolute Gasteiger partial charge is 0.839 e. The topological polar surface area (TPSA) is 74.1 Å². The number of fused-ring (bicyclic) bond motifs is 1. The quantitative estimate of drug-likeness (QED) is 0.726. The molecule has 0 unspecified atom stereocenters. The lowest BCUT2D eigenvalue weighted by Gasteiger charge is -2.09. The minimum atomic E-state index is -0.385. The Balaban J connectivity index is 2.14. The second-order valence-corrected chi connectivity index (χ2v) is 7.07. The summed E-state index contributed by atoms with van der Waals surface area (Å²) >= 11 is 7.20. The molecule has 120 valence electrons. The molecule has 0 atom stereocenters. The molecule has 0 radical (unpaired) electrons. The standard InChI is InChI=1S/C15H15ClN4O2S/c1-9(2)18-13(21)12-14(22)19-6-4-3-5-11(19)20(12)8-10-7-17-15(16)23-10/h3-7,9H,8H2,1-2H3,(H-,18,21,22). The van der Waals surface area contributed by atoms with Crippen LogP contribution in [-0.4, -0.2) is 21.5 Å². The molecule has 3 heterocycles. The molecule has 0 saturated carbocycles. The highest BCUT2D eigenvalue weighted by Crippen LogP contribution is 2.22. The molecule has 1 amide bonds. The van der Waals surface area contributed by atoms with E-state index < -0.39 is 0 Å². The van der Waals surface area contributed by atoms with E-state index in [0.29, 0.717) is 16.7 Å². The van der Waals surface area contributed by atoms with Crippen molar-refractivity contribution in [1.82, 2.24) is 14.9 Å². The number of imidazole rings is 1. The van der Waals surface area contributed by atoms with Gasteiger partial charge in [-0.25, -0.2) is 14.0 Å². The van der Waals surface area contributed by atoms with Crippen LogP contribution in [0.2, 0.25) is 4.47 Å². The third-order valence-corrected chi connectivity index (χ3v) is 4.38. The van der Waals surface area contributed by atoms with Crippen LogP contribution < -0.4 is 14.8 Å². The molecular weight excluding hydrogens is 336 g/mol. The van der Waals surface area contributed by atoms with E-state index in [2.05, 4.69) is 10.3 Å². The van der Waals surface area contributed by atoms with Crippen LogP contribution in [0.3, 0.4) is 0 Å². The normalized spacial score (nSPS) is 11.3. The molecule has 6 nitrogen and oxygen atoms in total. The molecule has 0 fully saturated rings. The number of amides is 1. The molecule has 0 spiro atoms. The van der Waals surface area contributed by atoms with Crippen molar-refractivity contribution in [2.45, 2.75) is 26.4 Å². The van der Waals surface area contributed by atoms with Crippen LogP contribution in [0.1, 0.15) is 29.2 Å². The van der Waals surface area contributed by atoms with Crippen LogP contribution in [0.5, 0.6) is 5.88 Å². The van der Waals surface area contributed by atoms with Gasteiger partial charge in [-0.15, -0.1) is 11.3 Å². The second-order valence-electron chi connectivity index (χ2n) is 5.38. The maximum absolute atomic E-state index is 12.6. The van der Waals surface area contributed by atoms with E-state index in [-0.39, 0.29) is 23.5 Å². The van der Waals surface area contributed by atoms with Gasteiger partial charge in [-0.2, -0.15) is 0 Å². The Morgan fingerprint density at radius 2 is 2.30 bits per heavy atom. The highest BCUT2D eigenvalue weighted by molar-refractivity contribution is 7.15. The van der Waals surface area contributed by atoms with Crippen molar-refractivity contribution in [3.05, 3.63) is 45.6 Å². The molecule has 0 bridgehead atoms. The van der Waals surface area contributed by atoms with E-state index in [1.807, 2.05) is 19.9 Å². The molecule has 3 aromatic rings. The van der Waals surface area contributed by atoms with Crippen molar-refractivity contribution in [1.29, 1.82) is 0 Å². The van der Waals surface area contributed by atoms with Crippen LogP contribution >= 0.6 is 22.9 Å². The fourth-order valence-electron chi connectivity index (χ4n) is 2.39. The van der Waals surface area contributed by atoms with Gasteiger partial charge >= 0.3 is 0 Å². The highest BCUT2D eigenvalue weighted by Gasteiger charge is 2.26. The third-order valence-electron chi connectivity index (χ3n) is 3.28. The summed E-state index contributed by atoms with van der Waals surface area (Å²) in [4.78, 5) is 17.4. The van der Waals surface area contributed by atoms with E-state index in [0.717, 1.165) is 4.88 Å². The van der Waals surface area contributed by atoms with Crippen molar-refractivity contribution in [3.63, 3.8) is 0 Å². The molecule has 23 heavy (non-hydrogen) atoms. The number of carbonyl (C=O) groups excluding carboxylic acids is 1. The Morgan fingerprint density at radius 3 is 2.96 bits per heavy atom. The zero-order valence-corrected chi connectivity index (χ0v) is 14.2. The lowest BCUT2D eigenvalue weighted by Crippen LogP contribution is -2.33. The van der Waals surface area contributed by atoms with Crippen LogP contribution in [0.4, 0.5) is 0 Å². The number of hydrogen-bond acceptors (Lipinski definition) is 4. The van der Waals surface area contributed by atoms with Gasteiger partial charge in [-0.3, -0.25) is 4.79 Å². The molecule has 0 aliphatic heterocycles. The summed E-state index contributed by atoms with van der Waals surface area (Å²) in [5, 5.41) is 15.4. The first-order valence-electron chi connectivity index (χ1n) is 7.08. The van der Waals surface area contributed by atoms with Gasteiger partial charge in [0.05, 0.1) is 11.1 Å². The molecule has 1 N–H and O–H groups in total. The molecule has 0 aromatic carbocycles. The molecule has 0 aliphatic carbocycles. The Bertz CT molecular complexity index is 872. The number of carbonyl (C=O) groups is 1.